The summed E-state index contributed by atoms with van der Waals surface area (Å²) < 4.78 is 2.15. The van der Waals surface area contributed by atoms with Crippen LogP contribution in [-0.2, 0) is 4.79 Å². The summed E-state index contributed by atoms with van der Waals surface area (Å²) in [5.41, 5.74) is 1.02. The van der Waals surface area contributed by atoms with Gasteiger partial charge in [-0.05, 0) is 49.4 Å². The molecule has 120 valence electrons. The Morgan fingerprint density at radius 2 is 2.17 bits per heavy atom. The van der Waals surface area contributed by atoms with E-state index in [0.717, 1.165) is 16.4 Å². The monoisotopic (exact) mass is 345 g/mol. The van der Waals surface area contributed by atoms with Gasteiger partial charge in [-0.25, -0.2) is 4.98 Å². The highest BCUT2D eigenvalue weighted by Crippen LogP contribution is 2.30. The molecule has 3 fully saturated rings. The van der Waals surface area contributed by atoms with Crippen LogP contribution in [0.2, 0.25) is 0 Å². The van der Waals surface area contributed by atoms with E-state index < -0.39 is 0 Å². The minimum absolute atomic E-state index is 0.0114. The van der Waals surface area contributed by atoms with Gasteiger partial charge < -0.3 is 10.2 Å². The summed E-state index contributed by atoms with van der Waals surface area (Å²) in [5, 5.41) is 5.01. The second-order valence-electron chi connectivity index (χ2n) is 6.12. The number of hydrogen-bond acceptors (Lipinski definition) is 5. The maximum Gasteiger partial charge on any atom is 0.244 e. The molecule has 4 heterocycles. The van der Waals surface area contributed by atoms with Gasteiger partial charge in [0, 0.05) is 18.7 Å². The topological polar surface area (TPSA) is 45.2 Å². The highest BCUT2D eigenvalue weighted by Gasteiger charge is 2.34. The van der Waals surface area contributed by atoms with Crippen molar-refractivity contribution in [2.45, 2.75) is 23.2 Å². The molecule has 4 nitrogen and oxygen atoms in total. The Bertz CT molecular complexity index is 701. The van der Waals surface area contributed by atoms with Gasteiger partial charge in [-0.1, -0.05) is 23.9 Å². The lowest BCUT2D eigenvalue weighted by Crippen LogP contribution is -2.57. The third kappa shape index (κ3) is 3.44. The van der Waals surface area contributed by atoms with Crippen LogP contribution in [0.4, 0.5) is 0 Å². The first kappa shape index (κ1) is 15.2. The molecule has 3 aliphatic heterocycles. The molecule has 0 unspecified atom stereocenters. The Hall–Kier alpha value is -1.37. The highest BCUT2D eigenvalue weighted by atomic mass is 32.2. The molecule has 0 aliphatic carbocycles. The van der Waals surface area contributed by atoms with E-state index in [-0.39, 0.29) is 5.91 Å². The molecule has 1 atom stereocenters. The average molecular weight is 345 g/mol. The van der Waals surface area contributed by atoms with E-state index in [1.165, 1.54) is 42.4 Å². The lowest BCUT2D eigenvalue weighted by Gasteiger charge is -2.44. The minimum Gasteiger partial charge on any atom is -0.348 e. The summed E-state index contributed by atoms with van der Waals surface area (Å²) in [5.74, 6) is 0.673. The van der Waals surface area contributed by atoms with Crippen LogP contribution in [0, 0.1) is 5.92 Å². The third-order valence-corrected chi connectivity index (χ3v) is 6.58. The standard InChI is InChI=1S/C17H19N3OS2/c21-16(18-14-11-20-8-5-12(14)6-9-20)7-10-22-17-19-13-3-1-2-4-15(13)23-17/h1-4,7,10,12,14H,5-6,8-9,11H2,(H,18,21)/b10-7-/t14-/m0/s1. The van der Waals surface area contributed by atoms with Gasteiger partial charge in [0.05, 0.1) is 10.2 Å². The molecule has 2 bridgehead atoms. The SMILES string of the molecule is O=C(/C=C\Sc1nc2ccccc2s1)N[C@H]1CN2CCC1CC2. The number of carbonyl (C=O) groups is 1. The first-order chi connectivity index (χ1) is 11.3. The quantitative estimate of drug-likeness (QED) is 0.683. The van der Waals surface area contributed by atoms with Crippen molar-refractivity contribution in [2.75, 3.05) is 19.6 Å². The number of para-hydroxylation sites is 1. The van der Waals surface area contributed by atoms with E-state index in [1.54, 1.807) is 17.4 Å². The van der Waals surface area contributed by atoms with E-state index in [4.69, 9.17) is 0 Å². The first-order valence-corrected chi connectivity index (χ1v) is 9.69. The van der Waals surface area contributed by atoms with Crippen molar-refractivity contribution in [1.82, 2.24) is 15.2 Å². The Labute approximate surface area is 144 Å². The fourth-order valence-corrected chi connectivity index (χ4v) is 5.20. The summed E-state index contributed by atoms with van der Waals surface area (Å²) in [6, 6.07) is 8.42. The number of aromatic nitrogens is 1. The van der Waals surface area contributed by atoms with E-state index in [0.29, 0.717) is 12.0 Å². The van der Waals surface area contributed by atoms with Crippen molar-refractivity contribution in [3.05, 3.63) is 35.7 Å². The van der Waals surface area contributed by atoms with Crippen molar-refractivity contribution < 1.29 is 4.79 Å². The van der Waals surface area contributed by atoms with Gasteiger partial charge in [0.15, 0.2) is 4.34 Å². The fourth-order valence-electron chi connectivity index (χ4n) is 3.41. The molecule has 5 rings (SSSR count). The Kier molecular flexibility index (Phi) is 4.37. The summed E-state index contributed by atoms with van der Waals surface area (Å²) in [7, 11) is 0. The molecular weight excluding hydrogens is 326 g/mol. The van der Waals surface area contributed by atoms with Crippen LogP contribution in [0.25, 0.3) is 10.2 Å². The zero-order valence-corrected chi connectivity index (χ0v) is 14.4. The molecule has 0 radical (unpaired) electrons. The van der Waals surface area contributed by atoms with Gasteiger partial charge in [-0.2, -0.15) is 0 Å². The Morgan fingerprint density at radius 3 is 2.91 bits per heavy atom. The van der Waals surface area contributed by atoms with Crippen LogP contribution in [0.15, 0.2) is 40.1 Å². The van der Waals surface area contributed by atoms with Gasteiger partial charge in [-0.15, -0.1) is 11.3 Å². The number of amides is 1. The summed E-state index contributed by atoms with van der Waals surface area (Å²) in [4.78, 5) is 19.1. The number of thiazole rings is 1. The van der Waals surface area contributed by atoms with Crippen molar-refractivity contribution in [2.24, 2.45) is 5.92 Å². The number of benzene rings is 1. The van der Waals surface area contributed by atoms with Gasteiger partial charge in [-0.3, -0.25) is 4.79 Å². The van der Waals surface area contributed by atoms with Gasteiger partial charge in [0.2, 0.25) is 5.91 Å². The predicted octanol–water partition coefficient (Wildman–Crippen LogP) is 3.11. The van der Waals surface area contributed by atoms with Crippen LogP contribution in [-0.4, -0.2) is 41.5 Å². The van der Waals surface area contributed by atoms with E-state index in [9.17, 15) is 4.79 Å². The molecular formula is C17H19N3OS2. The molecule has 6 heteroatoms. The number of piperidine rings is 3. The van der Waals surface area contributed by atoms with Gasteiger partial charge >= 0.3 is 0 Å². The zero-order valence-electron chi connectivity index (χ0n) is 12.8. The smallest absolute Gasteiger partial charge is 0.244 e. The van der Waals surface area contributed by atoms with Gasteiger partial charge in [0.1, 0.15) is 0 Å². The Balaban J connectivity index is 1.32. The van der Waals surface area contributed by atoms with Crippen LogP contribution < -0.4 is 5.32 Å². The lowest BCUT2D eigenvalue weighted by atomic mass is 9.84. The maximum absolute atomic E-state index is 12.1. The second-order valence-corrected chi connectivity index (χ2v) is 8.30. The third-order valence-electron chi connectivity index (χ3n) is 4.65. The number of fused-ring (bicyclic) bond motifs is 4. The van der Waals surface area contributed by atoms with Crippen LogP contribution in [0.1, 0.15) is 12.8 Å². The number of thioether (sulfide) groups is 1. The molecule has 1 aromatic carbocycles. The molecule has 23 heavy (non-hydrogen) atoms. The lowest BCUT2D eigenvalue weighted by molar-refractivity contribution is -0.118. The number of nitrogens with zero attached hydrogens (tertiary/aromatic N) is 2. The average Bonchev–Trinajstić information content (AvgIpc) is 2.98. The van der Waals surface area contributed by atoms with E-state index in [2.05, 4.69) is 21.3 Å². The molecule has 2 aromatic rings. The zero-order chi connectivity index (χ0) is 15.6. The molecule has 0 saturated carbocycles. The summed E-state index contributed by atoms with van der Waals surface area (Å²) in [6.45, 7) is 3.40. The van der Waals surface area contributed by atoms with E-state index >= 15 is 0 Å². The van der Waals surface area contributed by atoms with Crippen molar-refractivity contribution in [1.29, 1.82) is 0 Å². The van der Waals surface area contributed by atoms with Crippen LogP contribution in [0.3, 0.4) is 0 Å². The maximum atomic E-state index is 12.1. The molecule has 1 N–H and O–H groups in total. The number of rotatable bonds is 4. The first-order valence-electron chi connectivity index (χ1n) is 7.99. The summed E-state index contributed by atoms with van der Waals surface area (Å²) in [6.07, 6.45) is 4.07. The number of nitrogens with one attached hydrogen (secondary N) is 1. The molecule has 1 amide bonds. The van der Waals surface area contributed by atoms with Gasteiger partial charge in [0.25, 0.3) is 0 Å². The Morgan fingerprint density at radius 1 is 1.35 bits per heavy atom. The molecule has 3 saturated heterocycles. The predicted molar refractivity (Wildman–Crippen MR) is 95.7 cm³/mol. The van der Waals surface area contributed by atoms with Crippen molar-refractivity contribution in [3.63, 3.8) is 0 Å². The fraction of sp³-hybridized carbons (Fsp3) is 0.412. The van der Waals surface area contributed by atoms with E-state index in [1.807, 2.05) is 23.6 Å². The van der Waals surface area contributed by atoms with Crippen LogP contribution in [0.5, 0.6) is 0 Å². The largest absolute Gasteiger partial charge is 0.348 e. The number of carbonyl (C=O) groups excluding carboxylic acids is 1. The van der Waals surface area contributed by atoms with Crippen LogP contribution >= 0.6 is 23.1 Å². The number of hydrogen-bond donors (Lipinski definition) is 1. The second kappa shape index (κ2) is 6.63. The normalized spacial score (nSPS) is 26.9. The molecule has 0 spiro atoms. The van der Waals surface area contributed by atoms with Crippen molar-refractivity contribution >= 4 is 39.2 Å². The molecule has 3 aliphatic rings. The minimum atomic E-state index is 0.0114. The van der Waals surface area contributed by atoms with Crippen molar-refractivity contribution in [3.8, 4) is 0 Å². The highest BCUT2D eigenvalue weighted by molar-refractivity contribution is 8.03. The molecule has 1 aromatic heterocycles. The summed E-state index contributed by atoms with van der Waals surface area (Å²) >= 11 is 3.16.